The minimum atomic E-state index is -0.862. The summed E-state index contributed by atoms with van der Waals surface area (Å²) in [5.41, 5.74) is 0.961. The monoisotopic (exact) mass is 393 g/mol. The van der Waals surface area contributed by atoms with Crippen molar-refractivity contribution < 1.29 is 23.9 Å². The lowest BCUT2D eigenvalue weighted by Crippen LogP contribution is -2.43. The third-order valence-electron chi connectivity index (χ3n) is 4.90. The lowest BCUT2D eigenvalue weighted by molar-refractivity contribution is -0.145. The Morgan fingerprint density at radius 1 is 0.862 bits per heavy atom. The number of methoxy groups -OCH3 is 2. The molecule has 6 nitrogen and oxygen atoms in total. The molecule has 3 aromatic rings. The van der Waals surface area contributed by atoms with Crippen LogP contribution in [0.2, 0.25) is 0 Å². The van der Waals surface area contributed by atoms with Gasteiger partial charge in [0.1, 0.15) is 6.04 Å². The van der Waals surface area contributed by atoms with E-state index >= 15 is 0 Å². The first kappa shape index (κ1) is 20.3. The van der Waals surface area contributed by atoms with Gasteiger partial charge in [0, 0.05) is 12.8 Å². The molecule has 1 amide bonds. The number of benzene rings is 3. The third-order valence-corrected chi connectivity index (χ3v) is 4.90. The SMILES string of the molecule is COC(=O)CCC(=O)N[C@@H](Cc1c2ccccc2cc2ccccc12)C(=O)OC. The molecule has 3 aromatic carbocycles. The number of esters is 2. The summed E-state index contributed by atoms with van der Waals surface area (Å²) >= 11 is 0. The number of carbonyl (C=O) groups is 3. The number of hydrogen-bond donors (Lipinski definition) is 1. The van der Waals surface area contributed by atoms with E-state index in [1.807, 2.05) is 48.5 Å². The van der Waals surface area contributed by atoms with E-state index in [0.717, 1.165) is 27.1 Å². The zero-order chi connectivity index (χ0) is 20.8. The smallest absolute Gasteiger partial charge is 0.328 e. The highest BCUT2D eigenvalue weighted by Crippen LogP contribution is 2.29. The lowest BCUT2D eigenvalue weighted by Gasteiger charge is -2.19. The molecule has 0 aliphatic rings. The molecule has 1 atom stereocenters. The van der Waals surface area contributed by atoms with E-state index in [0.29, 0.717) is 0 Å². The van der Waals surface area contributed by atoms with Crippen LogP contribution in [0.15, 0.2) is 54.6 Å². The number of fused-ring (bicyclic) bond motifs is 2. The highest BCUT2D eigenvalue weighted by Gasteiger charge is 2.24. The molecule has 29 heavy (non-hydrogen) atoms. The van der Waals surface area contributed by atoms with Crippen LogP contribution in [-0.4, -0.2) is 38.1 Å². The predicted molar refractivity (Wildman–Crippen MR) is 110 cm³/mol. The minimum Gasteiger partial charge on any atom is -0.469 e. The van der Waals surface area contributed by atoms with Crippen molar-refractivity contribution in [2.75, 3.05) is 14.2 Å². The van der Waals surface area contributed by atoms with Crippen molar-refractivity contribution in [1.82, 2.24) is 5.32 Å². The Labute approximate surface area is 168 Å². The summed E-state index contributed by atoms with van der Waals surface area (Å²) in [6.45, 7) is 0. The zero-order valence-corrected chi connectivity index (χ0v) is 16.4. The molecule has 150 valence electrons. The van der Waals surface area contributed by atoms with Crippen LogP contribution in [-0.2, 0) is 30.3 Å². The lowest BCUT2D eigenvalue weighted by atomic mass is 9.92. The van der Waals surface area contributed by atoms with Gasteiger partial charge in [-0.3, -0.25) is 9.59 Å². The third kappa shape index (κ3) is 4.71. The molecule has 3 rings (SSSR count). The number of carbonyl (C=O) groups excluding carboxylic acids is 3. The van der Waals surface area contributed by atoms with Gasteiger partial charge in [0.05, 0.1) is 20.6 Å². The van der Waals surface area contributed by atoms with E-state index < -0.39 is 23.9 Å². The molecule has 0 spiro atoms. The molecule has 0 bridgehead atoms. The number of amides is 1. The van der Waals surface area contributed by atoms with Gasteiger partial charge in [-0.2, -0.15) is 0 Å². The van der Waals surface area contributed by atoms with E-state index in [2.05, 4.69) is 16.1 Å². The van der Waals surface area contributed by atoms with Gasteiger partial charge in [-0.1, -0.05) is 48.5 Å². The second kappa shape index (κ2) is 9.19. The molecule has 6 heteroatoms. The molecule has 0 saturated carbocycles. The Bertz CT molecular complexity index is 1010. The van der Waals surface area contributed by atoms with E-state index in [9.17, 15) is 14.4 Å². The summed E-state index contributed by atoms with van der Waals surface area (Å²) < 4.78 is 9.47. The molecular formula is C23H23NO5. The van der Waals surface area contributed by atoms with Gasteiger partial charge in [-0.15, -0.1) is 0 Å². The van der Waals surface area contributed by atoms with Gasteiger partial charge in [-0.05, 0) is 33.2 Å². The number of rotatable bonds is 7. The summed E-state index contributed by atoms with van der Waals surface area (Å²) in [5, 5.41) is 6.85. The molecule has 0 saturated heterocycles. The molecule has 0 fully saturated rings. The standard InChI is InChI=1S/C23H23NO5/c1-28-22(26)12-11-21(25)24-20(23(27)29-2)14-19-17-9-5-3-7-15(17)13-16-8-4-6-10-18(16)19/h3-10,13,20H,11-12,14H2,1-2H3,(H,24,25)/t20-/m0/s1. The molecule has 0 aromatic heterocycles. The fourth-order valence-electron chi connectivity index (χ4n) is 3.45. The van der Waals surface area contributed by atoms with Crippen molar-refractivity contribution in [1.29, 1.82) is 0 Å². The maximum Gasteiger partial charge on any atom is 0.328 e. The first-order valence-corrected chi connectivity index (χ1v) is 9.37. The normalized spacial score (nSPS) is 11.8. The van der Waals surface area contributed by atoms with Crippen LogP contribution in [0, 0.1) is 0 Å². The molecule has 0 unspecified atom stereocenters. The van der Waals surface area contributed by atoms with E-state index in [4.69, 9.17) is 4.74 Å². The van der Waals surface area contributed by atoms with Crippen LogP contribution in [0.5, 0.6) is 0 Å². The van der Waals surface area contributed by atoms with Crippen molar-refractivity contribution in [2.45, 2.75) is 25.3 Å². The first-order valence-electron chi connectivity index (χ1n) is 9.37. The molecule has 0 heterocycles. The highest BCUT2D eigenvalue weighted by atomic mass is 16.5. The highest BCUT2D eigenvalue weighted by molar-refractivity contribution is 6.02. The quantitative estimate of drug-likeness (QED) is 0.493. The summed E-state index contributed by atoms with van der Waals surface area (Å²) in [6.07, 6.45) is 0.169. The van der Waals surface area contributed by atoms with E-state index in [-0.39, 0.29) is 19.3 Å². The average Bonchev–Trinajstić information content (AvgIpc) is 2.75. The topological polar surface area (TPSA) is 81.7 Å². The number of nitrogens with one attached hydrogen (secondary N) is 1. The van der Waals surface area contributed by atoms with Crippen molar-refractivity contribution in [3.8, 4) is 0 Å². The Kier molecular flexibility index (Phi) is 6.44. The Morgan fingerprint density at radius 3 is 2.00 bits per heavy atom. The minimum absolute atomic E-state index is 0.0482. The number of ether oxygens (including phenoxy) is 2. The average molecular weight is 393 g/mol. The van der Waals surface area contributed by atoms with Crippen LogP contribution >= 0.6 is 0 Å². The van der Waals surface area contributed by atoms with Gasteiger partial charge in [0.25, 0.3) is 0 Å². The van der Waals surface area contributed by atoms with Crippen LogP contribution in [0.1, 0.15) is 18.4 Å². The maximum absolute atomic E-state index is 12.4. The zero-order valence-electron chi connectivity index (χ0n) is 16.4. The molecule has 0 aliphatic carbocycles. The van der Waals surface area contributed by atoms with Gasteiger partial charge >= 0.3 is 11.9 Å². The van der Waals surface area contributed by atoms with Crippen molar-refractivity contribution in [3.05, 3.63) is 60.2 Å². The largest absolute Gasteiger partial charge is 0.469 e. The summed E-state index contributed by atoms with van der Waals surface area (Å²) in [6, 6.07) is 17.1. The Hall–Kier alpha value is -3.41. The number of hydrogen-bond acceptors (Lipinski definition) is 5. The second-order valence-corrected chi connectivity index (χ2v) is 6.72. The predicted octanol–water partition coefficient (Wildman–Crippen LogP) is 3.15. The van der Waals surface area contributed by atoms with E-state index in [1.165, 1.54) is 14.2 Å². The second-order valence-electron chi connectivity index (χ2n) is 6.72. The van der Waals surface area contributed by atoms with Crippen molar-refractivity contribution in [3.63, 3.8) is 0 Å². The summed E-state index contributed by atoms with van der Waals surface area (Å²) in [7, 11) is 2.56. The summed E-state index contributed by atoms with van der Waals surface area (Å²) in [5.74, 6) is -1.42. The molecule has 0 radical (unpaired) electrons. The van der Waals surface area contributed by atoms with E-state index in [1.54, 1.807) is 0 Å². The van der Waals surface area contributed by atoms with Gasteiger partial charge in [0.15, 0.2) is 0 Å². The van der Waals surface area contributed by atoms with Gasteiger partial charge < -0.3 is 14.8 Å². The molecule has 1 N–H and O–H groups in total. The van der Waals surface area contributed by atoms with Gasteiger partial charge in [-0.25, -0.2) is 4.79 Å². The maximum atomic E-state index is 12.4. The molecular weight excluding hydrogens is 370 g/mol. The van der Waals surface area contributed by atoms with Crippen LogP contribution in [0.4, 0.5) is 0 Å². The fourth-order valence-corrected chi connectivity index (χ4v) is 3.45. The first-order chi connectivity index (χ1) is 14.0. The molecule has 0 aliphatic heterocycles. The Morgan fingerprint density at radius 2 is 1.45 bits per heavy atom. The van der Waals surface area contributed by atoms with Crippen molar-refractivity contribution in [2.24, 2.45) is 0 Å². The van der Waals surface area contributed by atoms with Crippen LogP contribution in [0.3, 0.4) is 0 Å². The van der Waals surface area contributed by atoms with Crippen LogP contribution < -0.4 is 5.32 Å². The summed E-state index contributed by atoms with van der Waals surface area (Å²) in [4.78, 5) is 36.0. The fraction of sp³-hybridized carbons (Fsp3) is 0.261. The van der Waals surface area contributed by atoms with Gasteiger partial charge in [0.2, 0.25) is 5.91 Å². The Balaban J connectivity index is 1.94. The van der Waals surface area contributed by atoms with Crippen molar-refractivity contribution >= 4 is 39.4 Å². The van der Waals surface area contributed by atoms with Crippen LogP contribution in [0.25, 0.3) is 21.5 Å².